The highest BCUT2D eigenvalue weighted by molar-refractivity contribution is 6.02. The van der Waals surface area contributed by atoms with Crippen molar-refractivity contribution < 1.29 is 19.4 Å². The van der Waals surface area contributed by atoms with Gasteiger partial charge in [0, 0.05) is 5.56 Å². The number of ether oxygens (including phenoxy) is 1. The number of aliphatic hydroxyl groups excluding tert-OH is 1. The zero-order valence-electron chi connectivity index (χ0n) is 14.1. The summed E-state index contributed by atoms with van der Waals surface area (Å²) >= 11 is 0. The summed E-state index contributed by atoms with van der Waals surface area (Å²) in [7, 11) is 0. The molecule has 0 fully saturated rings. The molecule has 3 rings (SSSR count). The number of Topliss-reactive ketones (excluding diaryl/α,β-unsaturated/α-hetero) is 1. The van der Waals surface area contributed by atoms with Crippen molar-refractivity contribution in [3.05, 3.63) is 35.7 Å². The Kier molecular flexibility index (Phi) is 5.34. The summed E-state index contributed by atoms with van der Waals surface area (Å²) in [6, 6.07) is 5.09. The summed E-state index contributed by atoms with van der Waals surface area (Å²) in [5.41, 5.74) is 1.97. The van der Waals surface area contributed by atoms with Crippen LogP contribution in [0.4, 0.5) is 5.95 Å². The number of H-pyrrole nitrogens is 1. The molecule has 0 radical (unpaired) electrons. The van der Waals surface area contributed by atoms with Crippen molar-refractivity contribution in [2.24, 2.45) is 0 Å². The summed E-state index contributed by atoms with van der Waals surface area (Å²) in [5.74, 6) is -0.259. The molecule has 0 atom stereocenters. The summed E-state index contributed by atoms with van der Waals surface area (Å²) in [6.45, 7) is 2.45. The Labute approximate surface area is 148 Å². The maximum absolute atomic E-state index is 12.3. The van der Waals surface area contributed by atoms with E-state index in [4.69, 9.17) is 9.84 Å². The average molecular weight is 358 g/mol. The van der Waals surface area contributed by atoms with Crippen LogP contribution in [0.3, 0.4) is 0 Å². The Hall–Kier alpha value is -3.11. The number of ketones is 1. The molecule has 0 aliphatic carbocycles. The van der Waals surface area contributed by atoms with Gasteiger partial charge in [-0.25, -0.2) is 9.67 Å². The molecule has 1 aromatic carbocycles. The Bertz CT molecular complexity index is 932. The Morgan fingerprint density at radius 3 is 2.96 bits per heavy atom. The fourth-order valence-electron chi connectivity index (χ4n) is 2.29. The molecule has 0 saturated carbocycles. The fraction of sp³-hybridized carbons (Fsp3) is 0.312. The van der Waals surface area contributed by atoms with Crippen molar-refractivity contribution in [3.8, 4) is 0 Å². The highest BCUT2D eigenvalue weighted by atomic mass is 16.5. The van der Waals surface area contributed by atoms with E-state index in [1.54, 1.807) is 18.2 Å². The van der Waals surface area contributed by atoms with Gasteiger partial charge >= 0.3 is 0 Å². The van der Waals surface area contributed by atoms with Crippen molar-refractivity contribution >= 4 is 28.7 Å². The molecule has 3 aromatic rings. The lowest BCUT2D eigenvalue weighted by molar-refractivity contribution is 0.0851. The lowest BCUT2D eigenvalue weighted by Gasteiger charge is -2.01. The number of imidazole rings is 1. The molecule has 0 unspecified atom stereocenters. The van der Waals surface area contributed by atoms with E-state index < -0.39 is 5.91 Å². The zero-order valence-corrected chi connectivity index (χ0v) is 14.1. The molecule has 10 heteroatoms. The first-order valence-corrected chi connectivity index (χ1v) is 7.97. The zero-order chi connectivity index (χ0) is 18.5. The second kappa shape index (κ2) is 7.85. The number of fused-ring (bicyclic) bond motifs is 1. The second-order valence-corrected chi connectivity index (χ2v) is 5.53. The lowest BCUT2D eigenvalue weighted by atomic mass is 10.1. The number of amides is 1. The van der Waals surface area contributed by atoms with E-state index in [0.717, 1.165) is 0 Å². The van der Waals surface area contributed by atoms with Crippen LogP contribution in [0.1, 0.15) is 27.8 Å². The molecule has 0 spiro atoms. The third kappa shape index (κ3) is 4.10. The van der Waals surface area contributed by atoms with Gasteiger partial charge in [-0.2, -0.15) is 0 Å². The highest BCUT2D eigenvalue weighted by Crippen LogP contribution is 2.17. The van der Waals surface area contributed by atoms with E-state index in [1.165, 1.54) is 17.8 Å². The number of carbonyl (C=O) groups excluding carboxylic acids is 2. The molecular weight excluding hydrogens is 340 g/mol. The number of nitrogens with zero attached hydrogens (tertiary/aromatic N) is 4. The summed E-state index contributed by atoms with van der Waals surface area (Å²) in [5, 5.41) is 18.9. The van der Waals surface area contributed by atoms with Crippen LogP contribution in [0.25, 0.3) is 11.0 Å². The molecule has 10 nitrogen and oxygen atoms in total. The normalized spacial score (nSPS) is 11.0. The SMILES string of the molecule is CC(=O)c1ccc2[nH]c(NC(=O)c3cn(CCOCCO)nn3)nc2c1. The number of carbonyl (C=O) groups is 2. The molecule has 0 saturated heterocycles. The van der Waals surface area contributed by atoms with Gasteiger partial charge in [0.1, 0.15) is 0 Å². The molecule has 0 aliphatic rings. The van der Waals surface area contributed by atoms with Crippen LogP contribution in [0.2, 0.25) is 0 Å². The third-order valence-electron chi connectivity index (χ3n) is 3.59. The van der Waals surface area contributed by atoms with Crippen LogP contribution in [-0.2, 0) is 11.3 Å². The molecule has 1 amide bonds. The van der Waals surface area contributed by atoms with Gasteiger partial charge < -0.3 is 14.8 Å². The molecule has 136 valence electrons. The van der Waals surface area contributed by atoms with Crippen LogP contribution < -0.4 is 5.32 Å². The molecule has 2 aromatic heterocycles. The number of aromatic nitrogens is 5. The topological polar surface area (TPSA) is 135 Å². The monoisotopic (exact) mass is 358 g/mol. The Balaban J connectivity index is 1.65. The molecule has 0 aliphatic heterocycles. The van der Waals surface area contributed by atoms with Crippen LogP contribution in [0.5, 0.6) is 0 Å². The number of aliphatic hydroxyl groups is 1. The summed E-state index contributed by atoms with van der Waals surface area (Å²) < 4.78 is 6.61. The number of benzene rings is 1. The van der Waals surface area contributed by atoms with Gasteiger partial charge in [-0.15, -0.1) is 5.10 Å². The fourth-order valence-corrected chi connectivity index (χ4v) is 2.29. The van der Waals surface area contributed by atoms with Crippen LogP contribution >= 0.6 is 0 Å². The number of anilines is 1. The molecule has 26 heavy (non-hydrogen) atoms. The second-order valence-electron chi connectivity index (χ2n) is 5.53. The van der Waals surface area contributed by atoms with E-state index in [2.05, 4.69) is 25.6 Å². The number of rotatable bonds is 8. The van der Waals surface area contributed by atoms with Gasteiger partial charge in [-0.05, 0) is 25.1 Å². The molecular formula is C16H18N6O4. The van der Waals surface area contributed by atoms with Crippen LogP contribution in [0.15, 0.2) is 24.4 Å². The highest BCUT2D eigenvalue weighted by Gasteiger charge is 2.14. The largest absolute Gasteiger partial charge is 0.394 e. The summed E-state index contributed by atoms with van der Waals surface area (Å²) in [6.07, 6.45) is 1.49. The minimum Gasteiger partial charge on any atom is -0.394 e. The first-order chi connectivity index (χ1) is 12.6. The number of hydrogen-bond donors (Lipinski definition) is 3. The van der Waals surface area contributed by atoms with Gasteiger partial charge in [0.05, 0.1) is 43.6 Å². The van der Waals surface area contributed by atoms with Gasteiger partial charge in [0.15, 0.2) is 11.5 Å². The van der Waals surface area contributed by atoms with Crippen molar-refractivity contribution in [3.63, 3.8) is 0 Å². The maximum atomic E-state index is 12.3. The molecule has 0 bridgehead atoms. The standard InChI is InChI=1S/C16H18N6O4/c1-10(24)11-2-3-12-13(8-11)18-16(17-12)19-15(25)14-9-22(21-20-14)4-6-26-7-5-23/h2-3,8-9,23H,4-7H2,1H3,(H2,17,18,19,25). The van der Waals surface area contributed by atoms with Crippen molar-refractivity contribution in [1.29, 1.82) is 0 Å². The minimum atomic E-state index is -0.460. The molecule has 3 N–H and O–H groups in total. The Morgan fingerprint density at radius 1 is 1.35 bits per heavy atom. The quantitative estimate of drug-likeness (QED) is 0.397. The maximum Gasteiger partial charge on any atom is 0.280 e. The van der Waals surface area contributed by atoms with Crippen molar-refractivity contribution in [1.82, 2.24) is 25.0 Å². The minimum absolute atomic E-state index is 0.0452. The van der Waals surface area contributed by atoms with Gasteiger partial charge in [0.25, 0.3) is 5.91 Å². The van der Waals surface area contributed by atoms with Gasteiger partial charge in [-0.3, -0.25) is 14.9 Å². The van der Waals surface area contributed by atoms with Crippen molar-refractivity contribution in [2.75, 3.05) is 25.1 Å². The van der Waals surface area contributed by atoms with Gasteiger partial charge in [0.2, 0.25) is 5.95 Å². The van der Waals surface area contributed by atoms with E-state index >= 15 is 0 Å². The number of nitrogens with one attached hydrogen (secondary N) is 2. The van der Waals surface area contributed by atoms with E-state index in [9.17, 15) is 9.59 Å². The number of hydrogen-bond acceptors (Lipinski definition) is 7. The average Bonchev–Trinajstić information content (AvgIpc) is 3.24. The summed E-state index contributed by atoms with van der Waals surface area (Å²) in [4.78, 5) is 30.9. The first-order valence-electron chi connectivity index (χ1n) is 7.97. The van der Waals surface area contributed by atoms with Crippen molar-refractivity contribution in [2.45, 2.75) is 13.5 Å². The van der Waals surface area contributed by atoms with Gasteiger partial charge in [-0.1, -0.05) is 5.21 Å². The molecule has 2 heterocycles. The van der Waals surface area contributed by atoms with Crippen LogP contribution in [0, 0.1) is 0 Å². The Morgan fingerprint density at radius 2 is 2.19 bits per heavy atom. The van der Waals surface area contributed by atoms with E-state index in [-0.39, 0.29) is 30.6 Å². The van der Waals surface area contributed by atoms with E-state index in [0.29, 0.717) is 29.7 Å². The smallest absolute Gasteiger partial charge is 0.280 e. The predicted molar refractivity (Wildman–Crippen MR) is 92.0 cm³/mol. The van der Waals surface area contributed by atoms with E-state index in [1.807, 2.05) is 0 Å². The lowest BCUT2D eigenvalue weighted by Crippen LogP contribution is -2.13. The first kappa shape index (κ1) is 17.7. The third-order valence-corrected chi connectivity index (χ3v) is 3.59. The number of aromatic amines is 1. The van der Waals surface area contributed by atoms with Crippen LogP contribution in [-0.4, -0.2) is 61.6 Å². The predicted octanol–water partition coefficient (Wildman–Crippen LogP) is 0.618.